The quantitative estimate of drug-likeness (QED) is 0.714. The monoisotopic (exact) mass is 293 g/mol. The maximum absolute atomic E-state index is 12.4. The number of aromatic nitrogens is 2. The SMILES string of the molecule is Cc1[nH]c(=O)c(-c2ccccc2)c(C)[n+]1-c1cccc(O)c1. The number of aromatic amines is 1. The second kappa shape index (κ2) is 5.48. The number of aryl methyl sites for hydroxylation is 1. The van der Waals surface area contributed by atoms with E-state index in [2.05, 4.69) is 4.98 Å². The zero-order valence-electron chi connectivity index (χ0n) is 12.5. The van der Waals surface area contributed by atoms with Gasteiger partial charge < -0.3 is 5.11 Å². The average Bonchev–Trinajstić information content (AvgIpc) is 2.48. The number of hydrogen-bond acceptors (Lipinski definition) is 2. The number of rotatable bonds is 2. The summed E-state index contributed by atoms with van der Waals surface area (Å²) in [6.45, 7) is 3.75. The van der Waals surface area contributed by atoms with Crippen LogP contribution in [0.3, 0.4) is 0 Å². The summed E-state index contributed by atoms with van der Waals surface area (Å²) in [4.78, 5) is 15.3. The maximum Gasteiger partial charge on any atom is 0.343 e. The van der Waals surface area contributed by atoms with Gasteiger partial charge in [0.15, 0.2) is 0 Å². The number of phenolic OH excluding ortho intramolecular Hbond substituents is 1. The summed E-state index contributed by atoms with van der Waals surface area (Å²) < 4.78 is 1.93. The van der Waals surface area contributed by atoms with Gasteiger partial charge in [-0.1, -0.05) is 36.4 Å². The van der Waals surface area contributed by atoms with Crippen molar-refractivity contribution in [3.8, 4) is 22.6 Å². The predicted molar refractivity (Wildman–Crippen MR) is 85.2 cm³/mol. The Balaban J connectivity index is 2.31. The topological polar surface area (TPSA) is 57.0 Å². The first-order valence-corrected chi connectivity index (χ1v) is 7.08. The third-order valence-electron chi connectivity index (χ3n) is 3.70. The fourth-order valence-corrected chi connectivity index (χ4v) is 2.77. The highest BCUT2D eigenvalue weighted by atomic mass is 16.3. The molecule has 4 nitrogen and oxygen atoms in total. The van der Waals surface area contributed by atoms with Crippen LogP contribution in [0.5, 0.6) is 5.75 Å². The number of H-pyrrole nitrogens is 1. The van der Waals surface area contributed by atoms with Crippen LogP contribution in [0.25, 0.3) is 16.8 Å². The number of phenols is 1. The van der Waals surface area contributed by atoms with E-state index in [0.29, 0.717) is 11.4 Å². The van der Waals surface area contributed by atoms with Crippen LogP contribution < -0.4 is 10.1 Å². The third-order valence-corrected chi connectivity index (χ3v) is 3.70. The van der Waals surface area contributed by atoms with Gasteiger partial charge in [0, 0.05) is 13.0 Å². The van der Waals surface area contributed by atoms with Crippen molar-refractivity contribution in [3.05, 3.63) is 76.5 Å². The fraction of sp³-hybridized carbons (Fsp3) is 0.111. The number of aromatic hydroxyl groups is 1. The zero-order chi connectivity index (χ0) is 15.7. The van der Waals surface area contributed by atoms with Crippen LogP contribution in [0.15, 0.2) is 59.4 Å². The molecule has 110 valence electrons. The molecule has 0 aliphatic heterocycles. The van der Waals surface area contributed by atoms with Gasteiger partial charge in [-0.05, 0) is 24.6 Å². The minimum atomic E-state index is -0.113. The lowest BCUT2D eigenvalue weighted by Crippen LogP contribution is -2.42. The lowest BCUT2D eigenvalue weighted by Gasteiger charge is -2.10. The molecule has 3 aromatic rings. The Labute approximate surface area is 128 Å². The first-order valence-electron chi connectivity index (χ1n) is 7.08. The van der Waals surface area contributed by atoms with Gasteiger partial charge >= 0.3 is 5.56 Å². The fourth-order valence-electron chi connectivity index (χ4n) is 2.77. The van der Waals surface area contributed by atoms with E-state index in [1.54, 1.807) is 18.2 Å². The van der Waals surface area contributed by atoms with E-state index in [9.17, 15) is 9.90 Å². The van der Waals surface area contributed by atoms with Crippen molar-refractivity contribution in [1.82, 2.24) is 4.98 Å². The van der Waals surface area contributed by atoms with Crippen LogP contribution in [-0.4, -0.2) is 10.1 Å². The largest absolute Gasteiger partial charge is 0.508 e. The Hall–Kier alpha value is -2.88. The van der Waals surface area contributed by atoms with Crippen LogP contribution in [0.1, 0.15) is 11.5 Å². The minimum absolute atomic E-state index is 0.113. The first-order chi connectivity index (χ1) is 10.6. The van der Waals surface area contributed by atoms with Crippen LogP contribution in [0, 0.1) is 13.8 Å². The van der Waals surface area contributed by atoms with Crippen molar-refractivity contribution in [1.29, 1.82) is 0 Å². The van der Waals surface area contributed by atoms with E-state index in [4.69, 9.17) is 0 Å². The summed E-state index contributed by atoms with van der Waals surface area (Å²) in [6, 6.07) is 16.5. The van der Waals surface area contributed by atoms with E-state index in [0.717, 1.165) is 16.9 Å². The van der Waals surface area contributed by atoms with E-state index < -0.39 is 0 Å². The Morgan fingerprint density at radius 2 is 1.73 bits per heavy atom. The van der Waals surface area contributed by atoms with Crippen molar-refractivity contribution >= 4 is 0 Å². The Bertz CT molecular complexity index is 883. The zero-order valence-corrected chi connectivity index (χ0v) is 12.5. The molecule has 22 heavy (non-hydrogen) atoms. The lowest BCUT2D eigenvalue weighted by molar-refractivity contribution is -0.612. The molecular weight excluding hydrogens is 276 g/mol. The Morgan fingerprint density at radius 1 is 1.00 bits per heavy atom. The second-order valence-corrected chi connectivity index (χ2v) is 5.22. The molecule has 0 saturated heterocycles. The molecule has 0 saturated carbocycles. The number of nitrogens with one attached hydrogen (secondary N) is 1. The number of benzene rings is 2. The van der Waals surface area contributed by atoms with Crippen LogP contribution in [0.2, 0.25) is 0 Å². The molecule has 0 radical (unpaired) electrons. The maximum atomic E-state index is 12.4. The van der Waals surface area contributed by atoms with Gasteiger partial charge in [0.2, 0.25) is 0 Å². The first kappa shape index (κ1) is 14.1. The molecular formula is C18H17N2O2+. The third kappa shape index (κ3) is 2.39. The molecule has 0 fully saturated rings. The summed E-state index contributed by atoms with van der Waals surface area (Å²) in [6.07, 6.45) is 0. The highest BCUT2D eigenvalue weighted by Crippen LogP contribution is 2.19. The molecule has 0 aliphatic carbocycles. The number of hydrogen-bond donors (Lipinski definition) is 2. The van der Waals surface area contributed by atoms with E-state index >= 15 is 0 Å². The van der Waals surface area contributed by atoms with Crippen molar-refractivity contribution in [3.63, 3.8) is 0 Å². The van der Waals surface area contributed by atoms with Crippen LogP contribution in [0.4, 0.5) is 0 Å². The molecule has 0 aliphatic rings. The summed E-state index contributed by atoms with van der Waals surface area (Å²) in [7, 11) is 0. The molecule has 2 N–H and O–H groups in total. The van der Waals surface area contributed by atoms with Crippen molar-refractivity contribution in [2.45, 2.75) is 13.8 Å². The van der Waals surface area contributed by atoms with Gasteiger partial charge in [0.25, 0.3) is 5.82 Å². The summed E-state index contributed by atoms with van der Waals surface area (Å²) >= 11 is 0. The summed E-state index contributed by atoms with van der Waals surface area (Å²) in [5, 5.41) is 9.71. The van der Waals surface area contributed by atoms with Crippen LogP contribution in [-0.2, 0) is 0 Å². The average molecular weight is 293 g/mol. The van der Waals surface area contributed by atoms with Crippen molar-refractivity contribution in [2.75, 3.05) is 0 Å². The van der Waals surface area contributed by atoms with Gasteiger partial charge in [-0.25, -0.2) is 14.3 Å². The van der Waals surface area contributed by atoms with Gasteiger partial charge in [-0.2, -0.15) is 0 Å². The predicted octanol–water partition coefficient (Wildman–Crippen LogP) is 2.64. The van der Waals surface area contributed by atoms with E-state index in [1.165, 1.54) is 0 Å². The second-order valence-electron chi connectivity index (χ2n) is 5.22. The molecule has 0 spiro atoms. The number of nitrogens with zero attached hydrogens (tertiary/aromatic N) is 1. The molecule has 0 bridgehead atoms. The highest BCUT2D eigenvalue weighted by molar-refractivity contribution is 5.63. The molecule has 0 amide bonds. The molecule has 1 aromatic heterocycles. The summed E-state index contributed by atoms with van der Waals surface area (Å²) in [5.74, 6) is 0.907. The molecule has 1 heterocycles. The molecule has 0 atom stereocenters. The van der Waals surface area contributed by atoms with Gasteiger partial charge in [0.05, 0.1) is 0 Å². The normalized spacial score (nSPS) is 10.6. The lowest BCUT2D eigenvalue weighted by atomic mass is 10.1. The van der Waals surface area contributed by atoms with Crippen molar-refractivity contribution < 1.29 is 9.67 Å². The molecule has 0 unspecified atom stereocenters. The summed E-state index contributed by atoms with van der Waals surface area (Å²) in [5.41, 5.74) is 3.03. The highest BCUT2D eigenvalue weighted by Gasteiger charge is 2.20. The minimum Gasteiger partial charge on any atom is -0.508 e. The Kier molecular flexibility index (Phi) is 3.51. The molecule has 2 aromatic carbocycles. The van der Waals surface area contributed by atoms with Crippen LogP contribution >= 0.6 is 0 Å². The van der Waals surface area contributed by atoms with Gasteiger partial charge in [-0.15, -0.1) is 0 Å². The molecule has 4 heteroatoms. The molecule has 3 rings (SSSR count). The van der Waals surface area contributed by atoms with Crippen molar-refractivity contribution in [2.24, 2.45) is 0 Å². The smallest absolute Gasteiger partial charge is 0.343 e. The standard InChI is InChI=1S/C18H16N2O2/c1-12-17(14-7-4-3-5-8-14)18(22)19-13(2)20(12)15-9-6-10-16(21)11-15/h3-11,21H,1-2H3/p+1. The van der Waals surface area contributed by atoms with Gasteiger partial charge in [-0.3, -0.25) is 0 Å². The van der Waals surface area contributed by atoms with Gasteiger partial charge in [0.1, 0.15) is 22.7 Å². The Morgan fingerprint density at radius 3 is 2.41 bits per heavy atom. The van der Waals surface area contributed by atoms with E-state index in [1.807, 2.05) is 54.8 Å². The van der Waals surface area contributed by atoms with E-state index in [-0.39, 0.29) is 11.3 Å².